The zero-order valence-electron chi connectivity index (χ0n) is 11.5. The number of aryl methyl sites for hydroxylation is 2. The van der Waals surface area contributed by atoms with Crippen LogP contribution < -0.4 is 11.3 Å². The highest BCUT2D eigenvalue weighted by Gasteiger charge is 2.21. The molecule has 0 radical (unpaired) electrons. The summed E-state index contributed by atoms with van der Waals surface area (Å²) in [5.41, 5.74) is 4.99. The second-order valence-corrected chi connectivity index (χ2v) is 4.48. The van der Waals surface area contributed by atoms with Crippen LogP contribution in [0.1, 0.15) is 43.4 Å². The normalized spacial score (nSPS) is 12.6. The summed E-state index contributed by atoms with van der Waals surface area (Å²) in [7, 11) is 0. The first-order valence-corrected chi connectivity index (χ1v) is 6.72. The number of hydrogen-bond acceptors (Lipinski definition) is 4. The monoisotopic (exact) mass is 259 g/mol. The van der Waals surface area contributed by atoms with Crippen molar-refractivity contribution in [2.24, 2.45) is 5.84 Å². The SMILES string of the molecule is CCCn1ccnc1C(NN)c1ncccc1CC. The van der Waals surface area contributed by atoms with E-state index in [0.717, 1.165) is 30.9 Å². The van der Waals surface area contributed by atoms with Gasteiger partial charge < -0.3 is 4.57 Å². The second-order valence-electron chi connectivity index (χ2n) is 4.48. The first-order chi connectivity index (χ1) is 9.31. The van der Waals surface area contributed by atoms with Crippen molar-refractivity contribution in [3.63, 3.8) is 0 Å². The molecule has 0 saturated heterocycles. The molecule has 0 amide bonds. The maximum atomic E-state index is 5.74. The van der Waals surface area contributed by atoms with Crippen LogP contribution in [0.25, 0.3) is 0 Å². The largest absolute Gasteiger partial charge is 0.333 e. The fraction of sp³-hybridized carbons (Fsp3) is 0.429. The average molecular weight is 259 g/mol. The van der Waals surface area contributed by atoms with E-state index in [-0.39, 0.29) is 6.04 Å². The summed E-state index contributed by atoms with van der Waals surface area (Å²) >= 11 is 0. The molecule has 5 nitrogen and oxygen atoms in total. The van der Waals surface area contributed by atoms with E-state index in [4.69, 9.17) is 5.84 Å². The van der Waals surface area contributed by atoms with Crippen molar-refractivity contribution in [2.45, 2.75) is 39.3 Å². The topological polar surface area (TPSA) is 68.8 Å². The summed E-state index contributed by atoms with van der Waals surface area (Å²) in [6.07, 6.45) is 7.58. The van der Waals surface area contributed by atoms with Gasteiger partial charge in [-0.15, -0.1) is 0 Å². The van der Waals surface area contributed by atoms with E-state index >= 15 is 0 Å². The number of nitrogens with zero attached hydrogens (tertiary/aromatic N) is 3. The van der Waals surface area contributed by atoms with E-state index in [9.17, 15) is 0 Å². The smallest absolute Gasteiger partial charge is 0.133 e. The highest BCUT2D eigenvalue weighted by Crippen LogP contribution is 2.22. The van der Waals surface area contributed by atoms with Crippen LogP contribution in [-0.2, 0) is 13.0 Å². The first kappa shape index (κ1) is 13.7. The van der Waals surface area contributed by atoms with E-state index in [1.807, 2.05) is 18.5 Å². The number of nitrogens with one attached hydrogen (secondary N) is 1. The van der Waals surface area contributed by atoms with Crippen molar-refractivity contribution in [3.05, 3.63) is 47.8 Å². The Morgan fingerprint density at radius 1 is 1.32 bits per heavy atom. The molecule has 102 valence electrons. The second kappa shape index (κ2) is 6.45. The molecule has 3 N–H and O–H groups in total. The lowest BCUT2D eigenvalue weighted by Crippen LogP contribution is -2.32. The number of hydrazine groups is 1. The fourth-order valence-electron chi connectivity index (χ4n) is 2.30. The molecule has 0 aromatic carbocycles. The lowest BCUT2D eigenvalue weighted by molar-refractivity contribution is 0.533. The van der Waals surface area contributed by atoms with Gasteiger partial charge in [0.15, 0.2) is 0 Å². The predicted molar refractivity (Wildman–Crippen MR) is 75.3 cm³/mol. The number of hydrogen-bond donors (Lipinski definition) is 2. The molecule has 0 bridgehead atoms. The third-order valence-electron chi connectivity index (χ3n) is 3.22. The van der Waals surface area contributed by atoms with E-state index < -0.39 is 0 Å². The van der Waals surface area contributed by atoms with Crippen LogP contribution in [0.15, 0.2) is 30.7 Å². The van der Waals surface area contributed by atoms with Gasteiger partial charge in [0.25, 0.3) is 0 Å². The molecule has 2 aromatic rings. The number of rotatable bonds is 6. The molecule has 0 aliphatic rings. The zero-order chi connectivity index (χ0) is 13.7. The van der Waals surface area contributed by atoms with Crippen molar-refractivity contribution in [1.82, 2.24) is 20.0 Å². The Hall–Kier alpha value is -1.72. The molecular weight excluding hydrogens is 238 g/mol. The summed E-state index contributed by atoms with van der Waals surface area (Å²) in [4.78, 5) is 8.92. The van der Waals surface area contributed by atoms with E-state index in [1.54, 1.807) is 6.20 Å². The molecule has 0 saturated carbocycles. The molecule has 2 heterocycles. The van der Waals surface area contributed by atoms with E-state index in [0.29, 0.717) is 0 Å². The van der Waals surface area contributed by atoms with Crippen LogP contribution in [0.2, 0.25) is 0 Å². The van der Waals surface area contributed by atoms with Crippen LogP contribution in [0.3, 0.4) is 0 Å². The molecule has 0 aliphatic carbocycles. The fourth-order valence-corrected chi connectivity index (χ4v) is 2.30. The van der Waals surface area contributed by atoms with Gasteiger partial charge in [-0.1, -0.05) is 19.9 Å². The van der Waals surface area contributed by atoms with Gasteiger partial charge in [-0.3, -0.25) is 10.8 Å². The van der Waals surface area contributed by atoms with Crippen molar-refractivity contribution in [2.75, 3.05) is 0 Å². The Balaban J connectivity index is 2.41. The van der Waals surface area contributed by atoms with Crippen LogP contribution in [0.4, 0.5) is 0 Å². The standard InChI is InChI=1S/C14H21N5/c1-3-9-19-10-8-17-14(19)13(18-15)12-11(4-2)6-5-7-16-12/h5-8,10,13,18H,3-4,9,15H2,1-2H3. The molecule has 0 fully saturated rings. The summed E-state index contributed by atoms with van der Waals surface area (Å²) in [6.45, 7) is 5.20. The van der Waals surface area contributed by atoms with Gasteiger partial charge in [0, 0.05) is 25.1 Å². The van der Waals surface area contributed by atoms with Gasteiger partial charge in [-0.05, 0) is 24.5 Å². The summed E-state index contributed by atoms with van der Waals surface area (Å²) < 4.78 is 2.12. The van der Waals surface area contributed by atoms with Crippen molar-refractivity contribution in [1.29, 1.82) is 0 Å². The van der Waals surface area contributed by atoms with Gasteiger partial charge in [-0.25, -0.2) is 10.4 Å². The van der Waals surface area contributed by atoms with Crippen LogP contribution >= 0.6 is 0 Å². The van der Waals surface area contributed by atoms with Crippen LogP contribution in [0, 0.1) is 0 Å². The lowest BCUT2D eigenvalue weighted by atomic mass is 10.0. The third kappa shape index (κ3) is 2.83. The lowest BCUT2D eigenvalue weighted by Gasteiger charge is -2.19. The van der Waals surface area contributed by atoms with Crippen molar-refractivity contribution in [3.8, 4) is 0 Å². The van der Waals surface area contributed by atoms with Gasteiger partial charge in [0.1, 0.15) is 11.9 Å². The molecule has 1 unspecified atom stereocenters. The predicted octanol–water partition coefficient (Wildman–Crippen LogP) is 1.80. The first-order valence-electron chi connectivity index (χ1n) is 6.72. The summed E-state index contributed by atoms with van der Waals surface area (Å²) in [5.74, 6) is 6.66. The maximum Gasteiger partial charge on any atom is 0.133 e. The van der Waals surface area contributed by atoms with Gasteiger partial charge in [0.2, 0.25) is 0 Å². The average Bonchev–Trinajstić information content (AvgIpc) is 2.89. The summed E-state index contributed by atoms with van der Waals surface area (Å²) in [6, 6.07) is 3.87. The van der Waals surface area contributed by atoms with Crippen molar-refractivity contribution < 1.29 is 0 Å². The Bertz CT molecular complexity index is 520. The molecule has 0 spiro atoms. The molecule has 2 aromatic heterocycles. The highest BCUT2D eigenvalue weighted by molar-refractivity contribution is 5.27. The zero-order valence-corrected chi connectivity index (χ0v) is 11.5. The minimum atomic E-state index is -0.169. The Labute approximate surface area is 113 Å². The van der Waals surface area contributed by atoms with Gasteiger partial charge >= 0.3 is 0 Å². The molecule has 2 rings (SSSR count). The summed E-state index contributed by atoms with van der Waals surface area (Å²) in [5, 5.41) is 0. The van der Waals surface area contributed by atoms with Gasteiger partial charge in [-0.2, -0.15) is 0 Å². The molecule has 1 atom stereocenters. The van der Waals surface area contributed by atoms with E-state index in [2.05, 4.69) is 39.9 Å². The maximum absolute atomic E-state index is 5.74. The minimum absolute atomic E-state index is 0.169. The Kier molecular flexibility index (Phi) is 4.65. The highest BCUT2D eigenvalue weighted by atomic mass is 15.3. The van der Waals surface area contributed by atoms with Crippen molar-refractivity contribution >= 4 is 0 Å². The number of pyridine rings is 1. The third-order valence-corrected chi connectivity index (χ3v) is 3.22. The number of imidazole rings is 1. The minimum Gasteiger partial charge on any atom is -0.333 e. The molecule has 0 aliphatic heterocycles. The molecular formula is C14H21N5. The number of aromatic nitrogens is 3. The van der Waals surface area contributed by atoms with Crippen LogP contribution in [-0.4, -0.2) is 14.5 Å². The number of nitrogens with two attached hydrogens (primary N) is 1. The van der Waals surface area contributed by atoms with E-state index in [1.165, 1.54) is 5.56 Å². The Morgan fingerprint density at radius 3 is 2.84 bits per heavy atom. The van der Waals surface area contributed by atoms with Crippen LogP contribution in [0.5, 0.6) is 0 Å². The molecule has 5 heteroatoms. The quantitative estimate of drug-likeness (QED) is 0.613. The molecule has 19 heavy (non-hydrogen) atoms. The Morgan fingerprint density at radius 2 is 2.16 bits per heavy atom. The van der Waals surface area contributed by atoms with Gasteiger partial charge in [0.05, 0.1) is 5.69 Å².